The standard InChI is InChI=1S/C5H9N.C4H10.4C2H6/c1-4-6(3)5-2;1-3-4-2;4*1-2/h4-5H,1-2H2,3H3;3-4H2,1-2H3;4*1-2H3. The summed E-state index contributed by atoms with van der Waals surface area (Å²) in [6.07, 6.45) is 6.01. The third kappa shape index (κ3) is 170. The van der Waals surface area contributed by atoms with Crippen molar-refractivity contribution in [1.29, 1.82) is 0 Å². The second-order valence-corrected chi connectivity index (χ2v) is 2.03. The van der Waals surface area contributed by atoms with Crippen LogP contribution in [0.3, 0.4) is 0 Å². The summed E-state index contributed by atoms with van der Waals surface area (Å²) in [6, 6.07) is 0. The molecule has 0 N–H and O–H groups in total. The highest BCUT2D eigenvalue weighted by atomic mass is 15.0. The van der Waals surface area contributed by atoms with Crippen molar-refractivity contribution in [3.63, 3.8) is 0 Å². The summed E-state index contributed by atoms with van der Waals surface area (Å²) in [7, 11) is 1.88. The van der Waals surface area contributed by atoms with Crippen molar-refractivity contribution in [3.8, 4) is 0 Å². The summed E-state index contributed by atoms with van der Waals surface area (Å²) >= 11 is 0. The van der Waals surface area contributed by atoms with Crippen LogP contribution in [0.25, 0.3) is 0 Å². The summed E-state index contributed by atoms with van der Waals surface area (Å²) in [5.41, 5.74) is 0. The normalized spacial score (nSPS) is 5.28. The first-order valence-electron chi connectivity index (χ1n) is 7.69. The molecule has 18 heavy (non-hydrogen) atoms. The molecule has 1 heteroatoms. The van der Waals surface area contributed by atoms with Gasteiger partial charge in [0.2, 0.25) is 0 Å². The topological polar surface area (TPSA) is 3.24 Å². The van der Waals surface area contributed by atoms with Crippen molar-refractivity contribution in [3.05, 3.63) is 25.6 Å². The molecular weight excluding hydrogens is 218 g/mol. The Hall–Kier alpha value is -0.720. The van der Waals surface area contributed by atoms with Crippen molar-refractivity contribution >= 4 is 0 Å². The highest BCUT2D eigenvalue weighted by Crippen LogP contribution is 1.77. The zero-order valence-corrected chi connectivity index (χ0v) is 15.4. The van der Waals surface area contributed by atoms with Crippen LogP contribution in [-0.2, 0) is 0 Å². The van der Waals surface area contributed by atoms with Gasteiger partial charge in [0.05, 0.1) is 0 Å². The van der Waals surface area contributed by atoms with Gasteiger partial charge in [-0.05, 0) is 12.4 Å². The maximum Gasteiger partial charge on any atom is 0.0106 e. The molecule has 0 fully saturated rings. The molecule has 0 aliphatic rings. The van der Waals surface area contributed by atoms with E-state index in [1.807, 2.05) is 62.4 Å². The van der Waals surface area contributed by atoms with Crippen molar-refractivity contribution < 1.29 is 0 Å². The minimum absolute atomic E-state index is 1.32. The minimum Gasteiger partial charge on any atom is -0.358 e. The Morgan fingerprint density at radius 3 is 0.833 bits per heavy atom. The lowest BCUT2D eigenvalue weighted by Gasteiger charge is -2.00. The van der Waals surface area contributed by atoms with Gasteiger partial charge >= 0.3 is 0 Å². The third-order valence-electron chi connectivity index (χ3n) is 1.08. The molecule has 0 unspecified atom stereocenters. The van der Waals surface area contributed by atoms with E-state index in [0.29, 0.717) is 0 Å². The molecule has 0 aromatic carbocycles. The molecule has 0 radical (unpaired) electrons. The van der Waals surface area contributed by atoms with Gasteiger partial charge in [0.25, 0.3) is 0 Å². The molecule has 0 aliphatic carbocycles. The highest BCUT2D eigenvalue weighted by Gasteiger charge is 1.68. The lowest BCUT2D eigenvalue weighted by molar-refractivity contribution is 0.631. The molecule has 0 aromatic heterocycles. The molecule has 0 amide bonds. The highest BCUT2D eigenvalue weighted by molar-refractivity contribution is 4.75. The molecule has 1 nitrogen and oxygen atoms in total. The second-order valence-electron chi connectivity index (χ2n) is 2.03. The second kappa shape index (κ2) is 96.4. The van der Waals surface area contributed by atoms with Gasteiger partial charge in [0, 0.05) is 7.05 Å². The Bertz CT molecular complexity index is 67.7. The van der Waals surface area contributed by atoms with Crippen LogP contribution in [0.4, 0.5) is 0 Å². The Balaban J connectivity index is -0.0000000264. The van der Waals surface area contributed by atoms with E-state index in [4.69, 9.17) is 0 Å². The van der Waals surface area contributed by atoms with Gasteiger partial charge in [-0.2, -0.15) is 0 Å². The minimum atomic E-state index is 1.32. The van der Waals surface area contributed by atoms with Crippen LogP contribution in [0.5, 0.6) is 0 Å². The number of nitrogens with zero attached hydrogens (tertiary/aromatic N) is 1. The fourth-order valence-corrected chi connectivity index (χ4v) is 0.0745. The summed E-state index contributed by atoms with van der Waals surface area (Å²) in [4.78, 5) is 1.78. The molecule has 0 atom stereocenters. The predicted molar refractivity (Wildman–Crippen MR) is 94.1 cm³/mol. The maximum atomic E-state index is 3.49. The van der Waals surface area contributed by atoms with Crippen molar-refractivity contribution in [1.82, 2.24) is 4.90 Å². The zero-order chi connectivity index (χ0) is 16.4. The van der Waals surface area contributed by atoms with Gasteiger partial charge in [0.15, 0.2) is 0 Å². The Morgan fingerprint density at radius 1 is 0.667 bits per heavy atom. The first-order chi connectivity index (χ1) is 8.72. The smallest absolute Gasteiger partial charge is 0.0106 e. The van der Waals surface area contributed by atoms with Crippen LogP contribution in [0, 0.1) is 0 Å². The van der Waals surface area contributed by atoms with Gasteiger partial charge < -0.3 is 4.90 Å². The van der Waals surface area contributed by atoms with E-state index in [0.717, 1.165) is 0 Å². The van der Waals surface area contributed by atoms with E-state index in [1.54, 1.807) is 17.3 Å². The summed E-state index contributed by atoms with van der Waals surface area (Å²) < 4.78 is 0. The van der Waals surface area contributed by atoms with E-state index in [-0.39, 0.29) is 0 Å². The molecule has 0 aliphatic heterocycles. The summed E-state index contributed by atoms with van der Waals surface area (Å²) in [5, 5.41) is 0. The van der Waals surface area contributed by atoms with E-state index in [9.17, 15) is 0 Å². The molecule has 0 aromatic rings. The van der Waals surface area contributed by atoms with Crippen molar-refractivity contribution in [2.45, 2.75) is 82.1 Å². The molecule has 0 saturated heterocycles. The first kappa shape index (κ1) is 36.0. The quantitative estimate of drug-likeness (QED) is 0.523. The van der Waals surface area contributed by atoms with Crippen molar-refractivity contribution in [2.75, 3.05) is 7.05 Å². The lowest BCUT2D eigenvalue weighted by atomic mass is 10.4. The number of rotatable bonds is 3. The lowest BCUT2D eigenvalue weighted by Crippen LogP contribution is -1.96. The van der Waals surface area contributed by atoms with E-state index >= 15 is 0 Å². The summed E-state index contributed by atoms with van der Waals surface area (Å²) in [6.45, 7) is 27.3. The zero-order valence-electron chi connectivity index (χ0n) is 15.4. The average Bonchev–Trinajstić information content (AvgIpc) is 2.54. The van der Waals surface area contributed by atoms with Gasteiger partial charge in [-0.3, -0.25) is 0 Å². The third-order valence-corrected chi connectivity index (χ3v) is 1.08. The van der Waals surface area contributed by atoms with Crippen LogP contribution in [0.15, 0.2) is 25.6 Å². The molecular formula is C17H43N. The van der Waals surface area contributed by atoms with Gasteiger partial charge in [-0.15, -0.1) is 0 Å². The Morgan fingerprint density at radius 2 is 0.833 bits per heavy atom. The predicted octanol–water partition coefficient (Wildman–Crippen LogP) is 7.12. The molecule has 0 spiro atoms. The van der Waals surface area contributed by atoms with E-state index in [2.05, 4.69) is 27.0 Å². The van der Waals surface area contributed by atoms with E-state index in [1.165, 1.54) is 12.8 Å². The molecule has 0 saturated carbocycles. The van der Waals surface area contributed by atoms with Crippen LogP contribution >= 0.6 is 0 Å². The average molecular weight is 262 g/mol. The van der Waals surface area contributed by atoms with Crippen LogP contribution < -0.4 is 0 Å². The monoisotopic (exact) mass is 261 g/mol. The molecule has 0 heterocycles. The number of hydrogen-bond donors (Lipinski definition) is 0. The fourth-order valence-electron chi connectivity index (χ4n) is 0.0745. The number of hydrogen-bond acceptors (Lipinski definition) is 1. The van der Waals surface area contributed by atoms with Gasteiger partial charge in [-0.25, -0.2) is 0 Å². The van der Waals surface area contributed by atoms with Gasteiger partial charge in [-0.1, -0.05) is 95.2 Å². The van der Waals surface area contributed by atoms with Crippen molar-refractivity contribution in [2.24, 2.45) is 0 Å². The largest absolute Gasteiger partial charge is 0.358 e. The SMILES string of the molecule is C=CN(C)C=C.CC.CC.CC.CC.CCCC. The Kier molecular flexibility index (Phi) is 193. The summed E-state index contributed by atoms with van der Waals surface area (Å²) in [5.74, 6) is 0. The molecule has 116 valence electrons. The first-order valence-corrected chi connectivity index (χ1v) is 7.69. The van der Waals surface area contributed by atoms with Gasteiger partial charge in [0.1, 0.15) is 0 Å². The molecule has 0 rings (SSSR count). The van der Waals surface area contributed by atoms with Crippen LogP contribution in [0.2, 0.25) is 0 Å². The van der Waals surface area contributed by atoms with Crippen LogP contribution in [-0.4, -0.2) is 11.9 Å². The number of unbranched alkanes of at least 4 members (excludes halogenated alkanes) is 1. The maximum absolute atomic E-state index is 3.49. The molecule has 0 bridgehead atoms. The fraction of sp³-hybridized carbons (Fsp3) is 0.765. The Labute approximate surface area is 120 Å². The van der Waals surface area contributed by atoms with Crippen LogP contribution in [0.1, 0.15) is 82.1 Å². The van der Waals surface area contributed by atoms with E-state index < -0.39 is 0 Å².